The Balaban J connectivity index is 1.93. The zero-order chi connectivity index (χ0) is 18.1. The number of hydrogen-bond donors (Lipinski definition) is 1. The van der Waals surface area contributed by atoms with E-state index >= 15 is 0 Å². The summed E-state index contributed by atoms with van der Waals surface area (Å²) in [5.41, 5.74) is 4.44. The SMILES string of the molecule is COc1ccc(OCC(=O)N/N=C(/CC(C)C)c2ccccc2)cc1. The summed E-state index contributed by atoms with van der Waals surface area (Å²) in [5.74, 6) is 1.48. The fourth-order valence-corrected chi connectivity index (χ4v) is 2.23. The molecule has 2 rings (SSSR count). The summed E-state index contributed by atoms with van der Waals surface area (Å²) in [5, 5.41) is 4.29. The van der Waals surface area contributed by atoms with Crippen LogP contribution in [0, 0.1) is 5.92 Å². The molecule has 0 aliphatic heterocycles. The van der Waals surface area contributed by atoms with Crippen LogP contribution in [0.5, 0.6) is 11.5 Å². The number of benzene rings is 2. The van der Waals surface area contributed by atoms with Crippen molar-refractivity contribution in [3.05, 3.63) is 60.2 Å². The molecule has 0 bridgehead atoms. The van der Waals surface area contributed by atoms with Gasteiger partial charge in [-0.15, -0.1) is 0 Å². The monoisotopic (exact) mass is 340 g/mol. The van der Waals surface area contributed by atoms with E-state index in [4.69, 9.17) is 9.47 Å². The Labute approximate surface area is 148 Å². The number of carbonyl (C=O) groups excluding carboxylic acids is 1. The Hall–Kier alpha value is -2.82. The minimum atomic E-state index is -0.298. The van der Waals surface area contributed by atoms with E-state index in [1.165, 1.54) is 0 Å². The average molecular weight is 340 g/mol. The standard InChI is InChI=1S/C20H24N2O3/c1-15(2)13-19(16-7-5-4-6-8-16)21-22-20(23)14-25-18-11-9-17(24-3)10-12-18/h4-12,15H,13-14H2,1-3H3,(H,22,23)/b21-19-. The van der Waals surface area contributed by atoms with E-state index in [2.05, 4.69) is 24.4 Å². The maximum Gasteiger partial charge on any atom is 0.277 e. The summed E-state index contributed by atoms with van der Waals surface area (Å²) in [6.45, 7) is 4.14. The predicted molar refractivity (Wildman–Crippen MR) is 99.1 cm³/mol. The van der Waals surface area contributed by atoms with Gasteiger partial charge in [-0.3, -0.25) is 4.79 Å². The third kappa shape index (κ3) is 6.30. The number of amides is 1. The first kappa shape index (κ1) is 18.5. The number of methoxy groups -OCH3 is 1. The number of hydrogen-bond acceptors (Lipinski definition) is 4. The zero-order valence-corrected chi connectivity index (χ0v) is 14.9. The van der Waals surface area contributed by atoms with Crippen LogP contribution in [-0.2, 0) is 4.79 Å². The molecule has 0 atom stereocenters. The maximum atomic E-state index is 12.0. The van der Waals surface area contributed by atoms with E-state index in [0.29, 0.717) is 11.7 Å². The molecule has 0 aliphatic carbocycles. The number of ether oxygens (including phenoxy) is 2. The van der Waals surface area contributed by atoms with E-state index in [9.17, 15) is 4.79 Å². The minimum Gasteiger partial charge on any atom is -0.497 e. The first-order chi connectivity index (χ1) is 12.1. The number of rotatable bonds is 8. The second-order valence-electron chi connectivity index (χ2n) is 6.02. The van der Waals surface area contributed by atoms with Crippen molar-refractivity contribution in [3.8, 4) is 11.5 Å². The summed E-state index contributed by atoms with van der Waals surface area (Å²) in [6.07, 6.45) is 0.781. The molecule has 2 aromatic rings. The molecule has 0 spiro atoms. The fourth-order valence-electron chi connectivity index (χ4n) is 2.23. The Morgan fingerprint density at radius 2 is 1.68 bits per heavy atom. The van der Waals surface area contributed by atoms with Crippen LogP contribution in [0.1, 0.15) is 25.8 Å². The van der Waals surface area contributed by atoms with E-state index in [-0.39, 0.29) is 12.5 Å². The highest BCUT2D eigenvalue weighted by Gasteiger charge is 2.08. The molecule has 132 valence electrons. The largest absolute Gasteiger partial charge is 0.497 e. The first-order valence-electron chi connectivity index (χ1n) is 8.26. The highest BCUT2D eigenvalue weighted by molar-refractivity contribution is 6.01. The van der Waals surface area contributed by atoms with Gasteiger partial charge < -0.3 is 9.47 Å². The summed E-state index contributed by atoms with van der Waals surface area (Å²) < 4.78 is 10.5. The lowest BCUT2D eigenvalue weighted by Gasteiger charge is -2.10. The number of nitrogens with zero attached hydrogens (tertiary/aromatic N) is 1. The van der Waals surface area contributed by atoms with Crippen LogP contribution < -0.4 is 14.9 Å². The average Bonchev–Trinajstić information content (AvgIpc) is 2.64. The highest BCUT2D eigenvalue weighted by atomic mass is 16.5. The van der Waals surface area contributed by atoms with Crippen molar-refractivity contribution in [1.29, 1.82) is 0 Å². The topological polar surface area (TPSA) is 59.9 Å². The lowest BCUT2D eigenvalue weighted by atomic mass is 10.0. The molecule has 2 aromatic carbocycles. The Morgan fingerprint density at radius 1 is 1.04 bits per heavy atom. The molecular weight excluding hydrogens is 316 g/mol. The number of carbonyl (C=O) groups is 1. The Kier molecular flexibility index (Phi) is 7.01. The lowest BCUT2D eigenvalue weighted by molar-refractivity contribution is -0.123. The van der Waals surface area contributed by atoms with Gasteiger partial charge in [-0.25, -0.2) is 5.43 Å². The normalized spacial score (nSPS) is 11.3. The van der Waals surface area contributed by atoms with E-state index in [1.807, 2.05) is 30.3 Å². The molecule has 25 heavy (non-hydrogen) atoms. The van der Waals surface area contributed by atoms with Crippen molar-refractivity contribution >= 4 is 11.6 Å². The van der Waals surface area contributed by atoms with Crippen LogP contribution in [0.2, 0.25) is 0 Å². The van der Waals surface area contributed by atoms with Crippen molar-refractivity contribution in [2.24, 2.45) is 11.0 Å². The van der Waals surface area contributed by atoms with Gasteiger partial charge in [0.2, 0.25) is 0 Å². The van der Waals surface area contributed by atoms with Gasteiger partial charge in [-0.1, -0.05) is 44.2 Å². The maximum absolute atomic E-state index is 12.0. The van der Waals surface area contributed by atoms with Gasteiger partial charge in [0, 0.05) is 0 Å². The van der Waals surface area contributed by atoms with Gasteiger partial charge in [0.1, 0.15) is 11.5 Å². The van der Waals surface area contributed by atoms with Gasteiger partial charge in [-0.2, -0.15) is 5.10 Å². The van der Waals surface area contributed by atoms with Crippen LogP contribution in [-0.4, -0.2) is 25.3 Å². The van der Waals surface area contributed by atoms with Gasteiger partial charge in [0.25, 0.3) is 5.91 Å². The lowest BCUT2D eigenvalue weighted by Crippen LogP contribution is -2.26. The molecule has 5 heteroatoms. The van der Waals surface area contributed by atoms with Gasteiger partial charge in [0.15, 0.2) is 6.61 Å². The summed E-state index contributed by atoms with van der Waals surface area (Å²) in [6, 6.07) is 16.9. The predicted octanol–water partition coefficient (Wildman–Crippen LogP) is 3.64. The van der Waals surface area contributed by atoms with Crippen molar-refractivity contribution in [2.45, 2.75) is 20.3 Å². The molecule has 0 unspecified atom stereocenters. The first-order valence-corrected chi connectivity index (χ1v) is 8.26. The highest BCUT2D eigenvalue weighted by Crippen LogP contribution is 2.16. The van der Waals surface area contributed by atoms with Crippen molar-refractivity contribution < 1.29 is 14.3 Å². The van der Waals surface area contributed by atoms with Crippen molar-refractivity contribution in [3.63, 3.8) is 0 Å². The van der Waals surface area contributed by atoms with Crippen LogP contribution >= 0.6 is 0 Å². The molecule has 5 nitrogen and oxygen atoms in total. The third-order valence-corrected chi connectivity index (χ3v) is 3.45. The molecular formula is C20H24N2O3. The van der Waals surface area contributed by atoms with Crippen molar-refractivity contribution in [1.82, 2.24) is 5.43 Å². The molecule has 0 fully saturated rings. The summed E-state index contributed by atoms with van der Waals surface area (Å²) in [4.78, 5) is 12.0. The van der Waals surface area contributed by atoms with Crippen LogP contribution in [0.15, 0.2) is 59.7 Å². The van der Waals surface area contributed by atoms with Crippen LogP contribution in [0.25, 0.3) is 0 Å². The third-order valence-electron chi connectivity index (χ3n) is 3.45. The quantitative estimate of drug-likeness (QED) is 0.589. The van der Waals surface area contributed by atoms with E-state index in [1.54, 1.807) is 31.4 Å². The minimum absolute atomic E-state index is 0.0976. The molecule has 0 heterocycles. The fraction of sp³-hybridized carbons (Fsp3) is 0.300. The summed E-state index contributed by atoms with van der Waals surface area (Å²) >= 11 is 0. The Bertz CT molecular complexity index is 695. The zero-order valence-electron chi connectivity index (χ0n) is 14.9. The molecule has 0 radical (unpaired) electrons. The van der Waals surface area contributed by atoms with Crippen LogP contribution in [0.4, 0.5) is 0 Å². The second-order valence-corrected chi connectivity index (χ2v) is 6.02. The number of nitrogens with one attached hydrogen (secondary N) is 1. The molecule has 1 N–H and O–H groups in total. The van der Waals surface area contributed by atoms with Gasteiger partial charge in [-0.05, 0) is 42.2 Å². The smallest absolute Gasteiger partial charge is 0.277 e. The van der Waals surface area contributed by atoms with E-state index < -0.39 is 0 Å². The van der Waals surface area contributed by atoms with Crippen LogP contribution in [0.3, 0.4) is 0 Å². The van der Waals surface area contributed by atoms with E-state index in [0.717, 1.165) is 23.4 Å². The summed E-state index contributed by atoms with van der Waals surface area (Å²) in [7, 11) is 1.60. The number of hydrazone groups is 1. The van der Waals surface area contributed by atoms with Gasteiger partial charge in [0.05, 0.1) is 12.8 Å². The second kappa shape index (κ2) is 9.47. The molecule has 0 saturated carbocycles. The van der Waals surface area contributed by atoms with Gasteiger partial charge >= 0.3 is 0 Å². The van der Waals surface area contributed by atoms with Crippen molar-refractivity contribution in [2.75, 3.05) is 13.7 Å². The molecule has 0 saturated heterocycles. The molecule has 1 amide bonds. The Morgan fingerprint density at radius 3 is 2.28 bits per heavy atom. The molecule has 0 aromatic heterocycles. The molecule has 0 aliphatic rings.